The summed E-state index contributed by atoms with van der Waals surface area (Å²) in [5.41, 5.74) is -0.825. The summed E-state index contributed by atoms with van der Waals surface area (Å²) in [6, 6.07) is 7.65. The lowest BCUT2D eigenvalue weighted by Gasteiger charge is -2.12. The van der Waals surface area contributed by atoms with Crippen LogP contribution in [0.4, 0.5) is 5.82 Å². The molecule has 7 nitrogen and oxygen atoms in total. The summed E-state index contributed by atoms with van der Waals surface area (Å²) in [4.78, 5) is 36.9. The number of carbonyl (C=O) groups excluding carboxylic acids is 1. The zero-order valence-electron chi connectivity index (χ0n) is 11.1. The second-order valence-electron chi connectivity index (χ2n) is 4.04. The highest BCUT2D eigenvalue weighted by Gasteiger charge is 2.11. The highest BCUT2D eigenvalue weighted by atomic mass is 35.5. The first-order chi connectivity index (χ1) is 10.0. The van der Waals surface area contributed by atoms with Crippen LogP contribution in [0.1, 0.15) is 0 Å². The van der Waals surface area contributed by atoms with Gasteiger partial charge in [-0.15, -0.1) is 11.6 Å². The van der Waals surface area contributed by atoms with E-state index in [1.54, 1.807) is 24.3 Å². The van der Waals surface area contributed by atoms with Gasteiger partial charge in [0.15, 0.2) is 0 Å². The molecule has 1 heterocycles. The fourth-order valence-electron chi connectivity index (χ4n) is 1.75. The van der Waals surface area contributed by atoms with Crippen LogP contribution in [0.15, 0.2) is 39.9 Å². The van der Waals surface area contributed by atoms with Crippen molar-refractivity contribution in [2.45, 2.75) is 0 Å². The normalized spacial score (nSPS) is 10.2. The molecule has 0 radical (unpaired) electrons. The lowest BCUT2D eigenvalue weighted by Crippen LogP contribution is -2.32. The number of aromatic nitrogens is 2. The fourth-order valence-corrected chi connectivity index (χ4v) is 1.82. The fraction of sp³-hybridized carbons (Fsp3) is 0.154. The standard InChI is InChI=1S/C13H12ClN3O4/c1-21-9-4-2-8(3-5-9)17-10(15-12(19)7-14)6-11(18)16-13(17)20/h2-6H,7H2,1H3,(H,15,19)(H,16,18,20). The van der Waals surface area contributed by atoms with E-state index in [9.17, 15) is 14.4 Å². The second kappa shape index (κ2) is 6.27. The van der Waals surface area contributed by atoms with Crippen molar-refractivity contribution in [3.63, 3.8) is 0 Å². The van der Waals surface area contributed by atoms with Crippen molar-refractivity contribution in [1.29, 1.82) is 0 Å². The van der Waals surface area contributed by atoms with Crippen molar-refractivity contribution in [2.75, 3.05) is 18.3 Å². The predicted molar refractivity (Wildman–Crippen MR) is 78.6 cm³/mol. The second-order valence-corrected chi connectivity index (χ2v) is 4.31. The molecular weight excluding hydrogens is 298 g/mol. The summed E-state index contributed by atoms with van der Waals surface area (Å²) in [7, 11) is 1.52. The molecule has 8 heteroatoms. The van der Waals surface area contributed by atoms with Crippen LogP contribution in [-0.4, -0.2) is 28.4 Å². The average Bonchev–Trinajstić information content (AvgIpc) is 2.47. The number of aromatic amines is 1. The smallest absolute Gasteiger partial charge is 0.334 e. The quantitative estimate of drug-likeness (QED) is 0.814. The third-order valence-electron chi connectivity index (χ3n) is 2.66. The van der Waals surface area contributed by atoms with E-state index in [0.717, 1.165) is 10.6 Å². The molecule has 1 amide bonds. The number of hydrogen-bond acceptors (Lipinski definition) is 4. The summed E-state index contributed by atoms with van der Waals surface area (Å²) < 4.78 is 6.19. The van der Waals surface area contributed by atoms with Gasteiger partial charge in [0.05, 0.1) is 12.8 Å². The topological polar surface area (TPSA) is 93.2 Å². The Morgan fingerprint density at radius 2 is 2.00 bits per heavy atom. The summed E-state index contributed by atoms with van der Waals surface area (Å²) in [5, 5.41) is 2.41. The average molecular weight is 310 g/mol. The van der Waals surface area contributed by atoms with Crippen molar-refractivity contribution < 1.29 is 9.53 Å². The van der Waals surface area contributed by atoms with Crippen molar-refractivity contribution >= 4 is 23.3 Å². The van der Waals surface area contributed by atoms with Crippen LogP contribution in [0.5, 0.6) is 5.75 Å². The molecule has 110 valence electrons. The summed E-state index contributed by atoms with van der Waals surface area (Å²) in [5.74, 6) is -0.157. The Balaban J connectivity index is 2.57. The van der Waals surface area contributed by atoms with Gasteiger partial charge in [0.2, 0.25) is 5.91 Å². The van der Waals surface area contributed by atoms with Crippen LogP contribution in [-0.2, 0) is 4.79 Å². The molecule has 0 saturated heterocycles. The Kier molecular flexibility index (Phi) is 4.44. The predicted octanol–water partition coefficient (Wildman–Crippen LogP) is 0.712. The Morgan fingerprint density at radius 1 is 1.33 bits per heavy atom. The number of benzene rings is 1. The molecule has 21 heavy (non-hydrogen) atoms. The van der Waals surface area contributed by atoms with E-state index in [1.807, 2.05) is 0 Å². The van der Waals surface area contributed by atoms with Gasteiger partial charge in [0.1, 0.15) is 17.4 Å². The third-order valence-corrected chi connectivity index (χ3v) is 2.90. The number of halogens is 1. The first-order valence-electron chi connectivity index (χ1n) is 5.92. The van der Waals surface area contributed by atoms with Gasteiger partial charge in [0.25, 0.3) is 5.56 Å². The zero-order valence-corrected chi connectivity index (χ0v) is 11.8. The van der Waals surface area contributed by atoms with Crippen molar-refractivity contribution in [3.8, 4) is 11.4 Å². The van der Waals surface area contributed by atoms with Crippen LogP contribution in [0, 0.1) is 0 Å². The molecule has 0 saturated carbocycles. The minimum atomic E-state index is -0.669. The molecule has 0 atom stereocenters. The molecule has 1 aromatic carbocycles. The molecular formula is C13H12ClN3O4. The Hall–Kier alpha value is -2.54. The number of anilines is 1. The van der Waals surface area contributed by atoms with Crippen LogP contribution in [0.25, 0.3) is 5.69 Å². The van der Waals surface area contributed by atoms with E-state index in [1.165, 1.54) is 7.11 Å². The maximum atomic E-state index is 12.0. The molecule has 2 rings (SSSR count). The molecule has 0 bridgehead atoms. The summed E-state index contributed by atoms with van der Waals surface area (Å²) >= 11 is 5.42. The zero-order chi connectivity index (χ0) is 15.4. The van der Waals surface area contributed by atoms with Gasteiger partial charge in [-0.1, -0.05) is 0 Å². The van der Waals surface area contributed by atoms with Gasteiger partial charge in [-0.3, -0.25) is 14.6 Å². The lowest BCUT2D eigenvalue weighted by atomic mass is 10.3. The number of methoxy groups -OCH3 is 1. The van der Waals surface area contributed by atoms with E-state index in [-0.39, 0.29) is 11.7 Å². The molecule has 0 fully saturated rings. The molecule has 1 aromatic heterocycles. The van der Waals surface area contributed by atoms with Gasteiger partial charge in [-0.05, 0) is 24.3 Å². The molecule has 0 aliphatic carbocycles. The Labute approximate surface area is 124 Å². The van der Waals surface area contributed by atoms with Crippen LogP contribution < -0.4 is 21.3 Å². The number of hydrogen-bond donors (Lipinski definition) is 2. The first kappa shape index (κ1) is 14.9. The maximum absolute atomic E-state index is 12.0. The van der Waals surface area contributed by atoms with E-state index in [2.05, 4.69) is 10.3 Å². The van der Waals surface area contributed by atoms with E-state index >= 15 is 0 Å². The first-order valence-corrected chi connectivity index (χ1v) is 6.45. The SMILES string of the molecule is COc1ccc(-n2c(NC(=O)CCl)cc(=O)[nH]c2=O)cc1. The molecule has 0 spiro atoms. The van der Waals surface area contributed by atoms with Crippen LogP contribution >= 0.6 is 11.6 Å². The number of carbonyl (C=O) groups is 1. The largest absolute Gasteiger partial charge is 0.497 e. The molecule has 0 unspecified atom stereocenters. The van der Waals surface area contributed by atoms with E-state index < -0.39 is 17.2 Å². The van der Waals surface area contributed by atoms with Gasteiger partial charge >= 0.3 is 5.69 Å². The molecule has 2 N–H and O–H groups in total. The van der Waals surface area contributed by atoms with Crippen LogP contribution in [0.3, 0.4) is 0 Å². The molecule has 0 aliphatic heterocycles. The minimum Gasteiger partial charge on any atom is -0.497 e. The minimum absolute atomic E-state index is 0.0413. The number of ether oxygens (including phenoxy) is 1. The molecule has 2 aromatic rings. The van der Waals surface area contributed by atoms with Crippen molar-refractivity contribution in [3.05, 3.63) is 51.2 Å². The third kappa shape index (κ3) is 3.32. The number of amides is 1. The summed E-state index contributed by atoms with van der Waals surface area (Å²) in [6.07, 6.45) is 0. The monoisotopic (exact) mass is 309 g/mol. The van der Waals surface area contributed by atoms with Gasteiger partial charge in [-0.25, -0.2) is 9.36 Å². The Morgan fingerprint density at radius 3 is 2.57 bits per heavy atom. The molecule has 0 aliphatic rings. The van der Waals surface area contributed by atoms with E-state index in [4.69, 9.17) is 16.3 Å². The number of rotatable bonds is 4. The highest BCUT2D eigenvalue weighted by molar-refractivity contribution is 6.29. The van der Waals surface area contributed by atoms with Gasteiger partial charge in [-0.2, -0.15) is 0 Å². The van der Waals surface area contributed by atoms with E-state index in [0.29, 0.717) is 11.4 Å². The number of H-pyrrole nitrogens is 1. The lowest BCUT2D eigenvalue weighted by molar-refractivity contribution is -0.114. The number of nitrogens with zero attached hydrogens (tertiary/aromatic N) is 1. The highest BCUT2D eigenvalue weighted by Crippen LogP contribution is 2.16. The number of nitrogens with one attached hydrogen (secondary N) is 2. The van der Waals surface area contributed by atoms with Crippen molar-refractivity contribution in [1.82, 2.24) is 9.55 Å². The number of alkyl halides is 1. The van der Waals surface area contributed by atoms with Gasteiger partial charge in [0, 0.05) is 6.07 Å². The Bertz CT molecular complexity index is 764. The van der Waals surface area contributed by atoms with Gasteiger partial charge < -0.3 is 10.1 Å². The van der Waals surface area contributed by atoms with Crippen molar-refractivity contribution in [2.24, 2.45) is 0 Å². The maximum Gasteiger partial charge on any atom is 0.334 e. The summed E-state index contributed by atoms with van der Waals surface area (Å²) in [6.45, 7) is 0. The van der Waals surface area contributed by atoms with Crippen LogP contribution in [0.2, 0.25) is 0 Å².